The molecule has 6 unspecified atom stereocenters. The summed E-state index contributed by atoms with van der Waals surface area (Å²) in [6, 6.07) is 14.1. The lowest BCUT2D eigenvalue weighted by Gasteiger charge is -2.49. The second-order valence-electron chi connectivity index (χ2n) is 10.5. The van der Waals surface area contributed by atoms with Gasteiger partial charge in [0.15, 0.2) is 0 Å². The van der Waals surface area contributed by atoms with Crippen molar-refractivity contribution in [2.75, 3.05) is 4.90 Å². The van der Waals surface area contributed by atoms with Gasteiger partial charge in [0.25, 0.3) is 11.8 Å². The molecule has 0 spiro atoms. The van der Waals surface area contributed by atoms with Crippen molar-refractivity contribution in [3.8, 4) is 5.75 Å². The standard InChI is InChI=1S/C28H26N2O6/c1-14-7-6-10-18(23(14)31)22-16-11-12-17-21(26(34)30(36)24(17)32)19(16)13-20-25(33)29(27(35)28(20,22)2)15-8-4-3-5-9-15/h3-11,17,19-22,31,36H,12-13H2,1-2H3. The monoisotopic (exact) mass is 486 g/mol. The molecule has 2 N–H and O–H groups in total. The van der Waals surface area contributed by atoms with Gasteiger partial charge in [-0.2, -0.15) is 5.06 Å². The number of nitrogens with zero attached hydrogens (tertiary/aromatic N) is 2. The molecule has 2 heterocycles. The fourth-order valence-electron chi connectivity index (χ4n) is 7.08. The van der Waals surface area contributed by atoms with E-state index < -0.39 is 46.8 Å². The van der Waals surface area contributed by atoms with Crippen LogP contribution in [0.4, 0.5) is 5.69 Å². The maximum atomic E-state index is 14.1. The molecule has 36 heavy (non-hydrogen) atoms. The van der Waals surface area contributed by atoms with Gasteiger partial charge in [-0.25, -0.2) is 4.90 Å². The number of phenolic OH excluding ortho intramolecular Hbond substituents is 1. The van der Waals surface area contributed by atoms with Crippen LogP contribution in [0.5, 0.6) is 5.75 Å². The normalized spacial score (nSPS) is 33.4. The highest BCUT2D eigenvalue weighted by molar-refractivity contribution is 6.24. The minimum absolute atomic E-state index is 0.0437. The summed E-state index contributed by atoms with van der Waals surface area (Å²) in [5, 5.41) is 21.4. The summed E-state index contributed by atoms with van der Waals surface area (Å²) in [5.41, 5.74) is 1.18. The van der Waals surface area contributed by atoms with Gasteiger partial charge in [0.2, 0.25) is 11.8 Å². The summed E-state index contributed by atoms with van der Waals surface area (Å²) in [6.07, 6.45) is 2.33. The Morgan fingerprint density at radius 1 is 0.917 bits per heavy atom. The minimum Gasteiger partial charge on any atom is -0.507 e. The first-order chi connectivity index (χ1) is 17.2. The van der Waals surface area contributed by atoms with Crippen molar-refractivity contribution in [3.63, 3.8) is 0 Å². The van der Waals surface area contributed by atoms with Gasteiger partial charge in [0.1, 0.15) is 5.75 Å². The molecule has 0 bridgehead atoms. The van der Waals surface area contributed by atoms with Crippen LogP contribution in [0, 0.1) is 36.0 Å². The molecule has 2 aromatic carbocycles. The van der Waals surface area contributed by atoms with E-state index in [1.165, 1.54) is 4.90 Å². The molecule has 2 saturated heterocycles. The molecular weight excluding hydrogens is 460 g/mol. The molecule has 4 aliphatic rings. The summed E-state index contributed by atoms with van der Waals surface area (Å²) in [5.74, 6) is -5.46. The summed E-state index contributed by atoms with van der Waals surface area (Å²) >= 11 is 0. The maximum absolute atomic E-state index is 14.1. The van der Waals surface area contributed by atoms with Crippen LogP contribution in [0.1, 0.15) is 36.8 Å². The molecule has 2 aliphatic heterocycles. The number of allylic oxidation sites excluding steroid dienone is 2. The number of aromatic hydroxyl groups is 1. The van der Waals surface area contributed by atoms with Crippen LogP contribution < -0.4 is 4.90 Å². The number of amides is 4. The first-order valence-electron chi connectivity index (χ1n) is 12.2. The Kier molecular flexibility index (Phi) is 4.79. The van der Waals surface area contributed by atoms with Crippen molar-refractivity contribution < 1.29 is 29.5 Å². The van der Waals surface area contributed by atoms with Crippen molar-refractivity contribution >= 4 is 29.3 Å². The van der Waals surface area contributed by atoms with Gasteiger partial charge in [-0.15, -0.1) is 0 Å². The van der Waals surface area contributed by atoms with Gasteiger partial charge in [-0.05, 0) is 50.3 Å². The Hall–Kier alpha value is -3.78. The summed E-state index contributed by atoms with van der Waals surface area (Å²) in [4.78, 5) is 54.8. The van der Waals surface area contributed by atoms with Gasteiger partial charge < -0.3 is 5.11 Å². The Balaban J connectivity index is 1.57. The molecule has 0 radical (unpaired) electrons. The first kappa shape index (κ1) is 22.7. The van der Waals surface area contributed by atoms with Crippen molar-refractivity contribution in [2.45, 2.75) is 32.6 Å². The van der Waals surface area contributed by atoms with E-state index in [4.69, 9.17) is 0 Å². The lowest BCUT2D eigenvalue weighted by molar-refractivity contribution is -0.173. The zero-order chi connectivity index (χ0) is 25.5. The Morgan fingerprint density at radius 3 is 2.36 bits per heavy atom. The van der Waals surface area contributed by atoms with E-state index in [9.17, 15) is 29.5 Å². The van der Waals surface area contributed by atoms with Crippen LogP contribution in [0.25, 0.3) is 0 Å². The number of hydrogen-bond acceptors (Lipinski definition) is 6. The quantitative estimate of drug-likeness (QED) is 0.382. The second-order valence-corrected chi connectivity index (χ2v) is 10.5. The van der Waals surface area contributed by atoms with Gasteiger partial charge in [0.05, 0.1) is 28.9 Å². The Morgan fingerprint density at radius 2 is 1.64 bits per heavy atom. The topological polar surface area (TPSA) is 115 Å². The number of rotatable bonds is 2. The second kappa shape index (κ2) is 7.61. The van der Waals surface area contributed by atoms with Crippen LogP contribution in [-0.2, 0) is 19.2 Å². The third kappa shape index (κ3) is 2.73. The number of imide groups is 2. The molecule has 0 aromatic heterocycles. The third-order valence-electron chi connectivity index (χ3n) is 8.85. The van der Waals surface area contributed by atoms with E-state index >= 15 is 0 Å². The van der Waals surface area contributed by atoms with Crippen LogP contribution in [0.3, 0.4) is 0 Å². The predicted molar refractivity (Wildman–Crippen MR) is 128 cm³/mol. The fraction of sp³-hybridized carbons (Fsp3) is 0.357. The zero-order valence-corrected chi connectivity index (χ0v) is 19.9. The van der Waals surface area contributed by atoms with Gasteiger partial charge in [-0.3, -0.25) is 24.4 Å². The van der Waals surface area contributed by atoms with Crippen molar-refractivity contribution in [1.82, 2.24) is 5.06 Å². The Bertz CT molecular complexity index is 1370. The SMILES string of the molecule is Cc1cccc(C2C3=CCC4C(=O)N(O)C(=O)C4C3CC3C(=O)N(c4ccccc4)C(=O)C32C)c1O. The largest absolute Gasteiger partial charge is 0.507 e. The number of hydroxylamine groups is 2. The Labute approximate surface area is 207 Å². The molecule has 1 saturated carbocycles. The molecule has 8 nitrogen and oxygen atoms in total. The number of carbonyl (C=O) groups excluding carboxylic acids is 4. The van der Waals surface area contributed by atoms with Crippen LogP contribution in [-0.4, -0.2) is 39.0 Å². The summed E-state index contributed by atoms with van der Waals surface area (Å²) in [6.45, 7) is 3.54. The maximum Gasteiger partial charge on any atom is 0.257 e. The van der Waals surface area contributed by atoms with E-state index in [1.807, 2.05) is 6.08 Å². The van der Waals surface area contributed by atoms with Crippen molar-refractivity contribution in [3.05, 3.63) is 71.3 Å². The molecule has 6 rings (SSSR count). The number of aryl methyl sites for hydroxylation is 1. The zero-order valence-electron chi connectivity index (χ0n) is 19.9. The third-order valence-corrected chi connectivity index (χ3v) is 8.85. The summed E-state index contributed by atoms with van der Waals surface area (Å²) < 4.78 is 0. The van der Waals surface area contributed by atoms with E-state index in [0.29, 0.717) is 16.8 Å². The molecule has 3 fully saturated rings. The molecule has 6 atom stereocenters. The minimum atomic E-state index is -1.21. The van der Waals surface area contributed by atoms with E-state index in [-0.39, 0.29) is 35.5 Å². The van der Waals surface area contributed by atoms with Crippen LogP contribution >= 0.6 is 0 Å². The number of fused-ring (bicyclic) bond motifs is 4. The number of phenols is 1. The lowest BCUT2D eigenvalue weighted by Crippen LogP contribution is -2.48. The van der Waals surface area contributed by atoms with Crippen molar-refractivity contribution in [2.24, 2.45) is 29.1 Å². The molecule has 4 amide bonds. The number of hydrogen-bond donors (Lipinski definition) is 2. The summed E-state index contributed by atoms with van der Waals surface area (Å²) in [7, 11) is 0. The first-order valence-corrected chi connectivity index (χ1v) is 12.2. The van der Waals surface area contributed by atoms with Crippen LogP contribution in [0.2, 0.25) is 0 Å². The highest BCUT2D eigenvalue weighted by Crippen LogP contribution is 2.64. The number of para-hydroxylation sites is 2. The molecule has 2 aromatic rings. The van der Waals surface area contributed by atoms with E-state index in [1.54, 1.807) is 62.4 Å². The number of carbonyl (C=O) groups is 4. The number of benzene rings is 2. The van der Waals surface area contributed by atoms with Gasteiger partial charge in [-0.1, -0.05) is 48.0 Å². The van der Waals surface area contributed by atoms with Gasteiger partial charge >= 0.3 is 0 Å². The highest BCUT2D eigenvalue weighted by Gasteiger charge is 2.67. The predicted octanol–water partition coefficient (Wildman–Crippen LogP) is 3.32. The average Bonchev–Trinajstić information content (AvgIpc) is 3.21. The van der Waals surface area contributed by atoms with Gasteiger partial charge in [0, 0.05) is 11.5 Å². The molecular formula is C28H26N2O6. The van der Waals surface area contributed by atoms with Crippen LogP contribution in [0.15, 0.2) is 60.2 Å². The fourth-order valence-corrected chi connectivity index (χ4v) is 7.08. The molecule has 184 valence electrons. The number of anilines is 1. The molecule has 8 heteroatoms. The van der Waals surface area contributed by atoms with E-state index in [0.717, 1.165) is 5.57 Å². The lowest BCUT2D eigenvalue weighted by atomic mass is 9.51. The smallest absolute Gasteiger partial charge is 0.257 e. The van der Waals surface area contributed by atoms with E-state index in [2.05, 4.69) is 0 Å². The highest BCUT2D eigenvalue weighted by atomic mass is 16.5. The van der Waals surface area contributed by atoms with Crippen molar-refractivity contribution in [1.29, 1.82) is 0 Å². The molecule has 2 aliphatic carbocycles. The average molecular weight is 487 g/mol.